The first-order valence-electron chi connectivity index (χ1n) is 8.28. The van der Waals surface area contributed by atoms with Crippen molar-refractivity contribution in [1.82, 2.24) is 19.6 Å². The van der Waals surface area contributed by atoms with E-state index in [1.807, 2.05) is 0 Å². The number of hydrogen-bond donors (Lipinski definition) is 2. The van der Waals surface area contributed by atoms with E-state index in [2.05, 4.69) is 20.8 Å². The van der Waals surface area contributed by atoms with Gasteiger partial charge in [-0.1, -0.05) is 0 Å². The Morgan fingerprint density at radius 3 is 2.39 bits per heavy atom. The smallest absolute Gasteiger partial charge is 0.306 e. The summed E-state index contributed by atoms with van der Waals surface area (Å²) < 4.78 is 2.88. The van der Waals surface area contributed by atoms with E-state index in [9.17, 15) is 19.7 Å². The molecule has 3 rings (SSSR count). The van der Waals surface area contributed by atoms with Gasteiger partial charge in [0.15, 0.2) is 5.69 Å². The predicted octanol–water partition coefficient (Wildman–Crippen LogP) is 1.81. The van der Waals surface area contributed by atoms with Crippen LogP contribution in [0.1, 0.15) is 16.9 Å². The monoisotopic (exact) mass is 383 g/mol. The van der Waals surface area contributed by atoms with E-state index in [-0.39, 0.29) is 30.5 Å². The highest BCUT2D eigenvalue weighted by molar-refractivity contribution is 6.03. The van der Waals surface area contributed by atoms with Crippen LogP contribution in [-0.4, -0.2) is 36.3 Å². The molecule has 0 aliphatic rings. The van der Waals surface area contributed by atoms with Crippen LogP contribution in [0.3, 0.4) is 0 Å². The number of benzene rings is 1. The van der Waals surface area contributed by atoms with Gasteiger partial charge in [-0.2, -0.15) is 10.2 Å². The SMILES string of the molecule is Cn1ccc(C(=O)Nc2ccc(NC(=O)CCn3cc([N+](=O)[O-])cn3)cc2)n1. The first kappa shape index (κ1) is 18.8. The van der Waals surface area contributed by atoms with Gasteiger partial charge in [-0.05, 0) is 30.3 Å². The van der Waals surface area contributed by atoms with E-state index >= 15 is 0 Å². The van der Waals surface area contributed by atoms with Gasteiger partial charge in [0.1, 0.15) is 12.4 Å². The summed E-state index contributed by atoms with van der Waals surface area (Å²) in [6, 6.07) is 8.24. The summed E-state index contributed by atoms with van der Waals surface area (Å²) in [6.45, 7) is 0.220. The number of nitrogens with zero attached hydrogens (tertiary/aromatic N) is 5. The molecule has 0 aliphatic carbocycles. The minimum atomic E-state index is -0.544. The van der Waals surface area contributed by atoms with E-state index in [0.717, 1.165) is 6.20 Å². The van der Waals surface area contributed by atoms with Crippen LogP contribution in [0, 0.1) is 10.1 Å². The fourth-order valence-corrected chi connectivity index (χ4v) is 2.38. The predicted molar refractivity (Wildman–Crippen MR) is 99.7 cm³/mol. The highest BCUT2D eigenvalue weighted by atomic mass is 16.6. The first-order valence-corrected chi connectivity index (χ1v) is 8.28. The fraction of sp³-hybridized carbons (Fsp3) is 0.176. The molecule has 2 aromatic heterocycles. The lowest BCUT2D eigenvalue weighted by Gasteiger charge is -2.07. The molecule has 0 radical (unpaired) electrons. The molecule has 1 aromatic carbocycles. The van der Waals surface area contributed by atoms with Crippen LogP contribution in [0.15, 0.2) is 48.9 Å². The maximum atomic E-state index is 12.0. The maximum absolute atomic E-state index is 12.0. The van der Waals surface area contributed by atoms with Crippen molar-refractivity contribution in [3.63, 3.8) is 0 Å². The van der Waals surface area contributed by atoms with Crippen molar-refractivity contribution >= 4 is 28.9 Å². The lowest BCUT2D eigenvalue weighted by atomic mass is 10.2. The molecule has 2 amide bonds. The summed E-state index contributed by atoms with van der Waals surface area (Å²) in [5, 5.41) is 23.9. The molecule has 0 atom stereocenters. The molecule has 0 unspecified atom stereocenters. The number of aryl methyl sites for hydroxylation is 2. The van der Waals surface area contributed by atoms with E-state index in [0.29, 0.717) is 17.1 Å². The van der Waals surface area contributed by atoms with Gasteiger partial charge in [-0.3, -0.25) is 29.1 Å². The van der Waals surface area contributed by atoms with Crippen LogP contribution in [0.5, 0.6) is 0 Å². The maximum Gasteiger partial charge on any atom is 0.306 e. The molecule has 2 N–H and O–H groups in total. The molecule has 2 heterocycles. The minimum absolute atomic E-state index is 0.108. The van der Waals surface area contributed by atoms with Gasteiger partial charge in [0, 0.05) is 37.6 Å². The average Bonchev–Trinajstić information content (AvgIpc) is 3.31. The third-order valence-electron chi connectivity index (χ3n) is 3.77. The Hall–Kier alpha value is -4.02. The minimum Gasteiger partial charge on any atom is -0.326 e. The van der Waals surface area contributed by atoms with Gasteiger partial charge in [0.2, 0.25) is 5.91 Å². The summed E-state index contributed by atoms with van der Waals surface area (Å²) in [4.78, 5) is 34.1. The molecule has 0 spiro atoms. The average molecular weight is 383 g/mol. The Bertz CT molecular complexity index is 1010. The van der Waals surface area contributed by atoms with Gasteiger partial charge in [-0.25, -0.2) is 0 Å². The molecule has 0 bridgehead atoms. The standard InChI is InChI=1S/C17H17N7O4/c1-22-8-6-15(21-22)17(26)20-13-4-2-12(3-5-13)19-16(25)7-9-23-11-14(10-18-23)24(27)28/h2-6,8,10-11H,7,9H2,1H3,(H,19,25)(H,20,26). The Morgan fingerprint density at radius 2 is 1.82 bits per heavy atom. The number of rotatable bonds is 7. The van der Waals surface area contributed by atoms with Crippen LogP contribution in [0.25, 0.3) is 0 Å². The molecular formula is C17H17N7O4. The zero-order chi connectivity index (χ0) is 20.1. The Balaban J connectivity index is 1.49. The normalized spacial score (nSPS) is 10.5. The third-order valence-corrected chi connectivity index (χ3v) is 3.77. The van der Waals surface area contributed by atoms with Crippen LogP contribution in [0.4, 0.5) is 17.1 Å². The Labute approximate surface area is 159 Å². The lowest BCUT2D eigenvalue weighted by Crippen LogP contribution is -2.15. The van der Waals surface area contributed by atoms with E-state index in [1.54, 1.807) is 43.6 Å². The van der Waals surface area contributed by atoms with Gasteiger partial charge < -0.3 is 10.6 Å². The van der Waals surface area contributed by atoms with Crippen molar-refractivity contribution in [2.24, 2.45) is 7.05 Å². The molecule has 0 saturated carbocycles. The second kappa shape index (κ2) is 8.12. The van der Waals surface area contributed by atoms with Gasteiger partial charge in [0.05, 0.1) is 4.92 Å². The Kier molecular flexibility index (Phi) is 5.44. The molecule has 28 heavy (non-hydrogen) atoms. The topological polar surface area (TPSA) is 137 Å². The molecule has 11 heteroatoms. The van der Waals surface area contributed by atoms with E-state index in [1.165, 1.54) is 15.6 Å². The van der Waals surface area contributed by atoms with Gasteiger partial charge in [0.25, 0.3) is 5.91 Å². The number of amides is 2. The van der Waals surface area contributed by atoms with Gasteiger partial charge in [-0.15, -0.1) is 0 Å². The van der Waals surface area contributed by atoms with Crippen LogP contribution >= 0.6 is 0 Å². The summed E-state index contributed by atoms with van der Waals surface area (Å²) in [5.74, 6) is -0.589. The van der Waals surface area contributed by atoms with Crippen molar-refractivity contribution in [3.8, 4) is 0 Å². The first-order chi connectivity index (χ1) is 13.4. The summed E-state index contributed by atoms with van der Waals surface area (Å²) in [6.07, 6.45) is 4.19. The largest absolute Gasteiger partial charge is 0.326 e. The molecule has 11 nitrogen and oxygen atoms in total. The quantitative estimate of drug-likeness (QED) is 0.471. The van der Waals surface area contributed by atoms with Crippen molar-refractivity contribution in [3.05, 3.63) is 64.7 Å². The molecular weight excluding hydrogens is 366 g/mol. The number of anilines is 2. The van der Waals surface area contributed by atoms with Crippen molar-refractivity contribution in [2.45, 2.75) is 13.0 Å². The van der Waals surface area contributed by atoms with E-state index < -0.39 is 4.92 Å². The van der Waals surface area contributed by atoms with Crippen molar-refractivity contribution < 1.29 is 14.5 Å². The number of aromatic nitrogens is 4. The molecule has 3 aromatic rings. The van der Waals surface area contributed by atoms with Gasteiger partial charge >= 0.3 is 5.69 Å². The second-order valence-corrected chi connectivity index (χ2v) is 5.92. The number of nitrogens with one attached hydrogen (secondary N) is 2. The highest BCUT2D eigenvalue weighted by Gasteiger charge is 2.11. The number of hydrogen-bond acceptors (Lipinski definition) is 6. The van der Waals surface area contributed by atoms with Crippen molar-refractivity contribution in [1.29, 1.82) is 0 Å². The fourth-order valence-electron chi connectivity index (χ4n) is 2.38. The molecule has 0 aliphatic heterocycles. The molecule has 0 saturated heterocycles. The summed E-state index contributed by atoms with van der Waals surface area (Å²) in [7, 11) is 1.72. The number of nitro groups is 1. The Morgan fingerprint density at radius 1 is 1.14 bits per heavy atom. The molecule has 144 valence electrons. The lowest BCUT2D eigenvalue weighted by molar-refractivity contribution is -0.385. The third kappa shape index (κ3) is 4.78. The van der Waals surface area contributed by atoms with E-state index in [4.69, 9.17) is 0 Å². The zero-order valence-corrected chi connectivity index (χ0v) is 14.9. The van der Waals surface area contributed by atoms with Crippen LogP contribution in [0.2, 0.25) is 0 Å². The van der Waals surface area contributed by atoms with Crippen LogP contribution < -0.4 is 10.6 Å². The number of carbonyl (C=O) groups is 2. The second-order valence-electron chi connectivity index (χ2n) is 5.92. The van der Waals surface area contributed by atoms with Crippen LogP contribution in [-0.2, 0) is 18.4 Å². The molecule has 0 fully saturated rings. The highest BCUT2D eigenvalue weighted by Crippen LogP contribution is 2.15. The summed E-state index contributed by atoms with van der Waals surface area (Å²) in [5.41, 5.74) is 1.31. The van der Waals surface area contributed by atoms with Crippen molar-refractivity contribution in [2.75, 3.05) is 10.6 Å². The number of carbonyl (C=O) groups excluding carboxylic acids is 2. The summed E-state index contributed by atoms with van der Waals surface area (Å²) >= 11 is 0. The zero-order valence-electron chi connectivity index (χ0n) is 14.9.